The number of primary amides is 1. The fourth-order valence-electron chi connectivity index (χ4n) is 10.5. The topological polar surface area (TPSA) is 380 Å². The van der Waals surface area contributed by atoms with Crippen LogP contribution in [0.5, 0.6) is 0 Å². The van der Waals surface area contributed by atoms with Crippen LogP contribution in [0.4, 0.5) is 0 Å². The van der Waals surface area contributed by atoms with Crippen molar-refractivity contribution in [1.29, 1.82) is 0 Å². The van der Waals surface area contributed by atoms with Crippen LogP contribution in [0.15, 0.2) is 152 Å². The summed E-state index contributed by atoms with van der Waals surface area (Å²) in [5.74, 6) is -7.24. The third-order valence-corrected chi connectivity index (χ3v) is 16.1. The molecule has 0 radical (unpaired) electrons. The monoisotopic (exact) mass is 1280 g/mol. The van der Waals surface area contributed by atoms with E-state index in [1.165, 1.54) is 6.92 Å². The maximum atomic E-state index is 15.3. The van der Waals surface area contributed by atoms with Gasteiger partial charge >= 0.3 is 0 Å². The number of nitrogens with two attached hydrogens (primary N) is 3. The first-order valence-corrected chi connectivity index (χ1v) is 31.4. The van der Waals surface area contributed by atoms with Gasteiger partial charge in [0.1, 0.15) is 48.3 Å². The number of aromatic amines is 2. The SMILES string of the molecule is C[C@@H](O)[C@H](NC(=O)[C@H](CCCCN)NC(=O)[C@@H](Cc1c[nH]c2ccccc12)NC(=O)[C@H](Cc1c[nH]c2ccccc12)NC(=O)[C@H](Cc1ccccc1)NC(=O)[C@H](CS)NC(=O)[C@H](N)Cc1ccccc1)C(=O)N[C@@H](Cc1ccccc1)C(=O)N[C@@H](CCS)C(N)=O. The predicted octanol–water partition coefficient (Wildman–Crippen LogP) is 1.61. The van der Waals surface area contributed by atoms with Crippen LogP contribution in [0.25, 0.3) is 21.8 Å². The number of fused-ring (bicyclic) bond motifs is 2. The van der Waals surface area contributed by atoms with Gasteiger partial charge in [0.2, 0.25) is 53.2 Å². The van der Waals surface area contributed by atoms with Crippen LogP contribution in [-0.4, -0.2) is 147 Å². The number of hydrogen-bond acceptors (Lipinski definition) is 14. The van der Waals surface area contributed by atoms with Crippen LogP contribution in [0.2, 0.25) is 0 Å². The number of aliphatic hydroxyl groups excluding tert-OH is 1. The van der Waals surface area contributed by atoms with E-state index < -0.39 is 114 Å². The van der Waals surface area contributed by atoms with Gasteiger partial charge in [0.15, 0.2) is 0 Å². The smallest absolute Gasteiger partial charge is 0.245 e. The molecule has 0 aliphatic heterocycles. The van der Waals surface area contributed by atoms with Crippen molar-refractivity contribution in [3.8, 4) is 0 Å². The highest BCUT2D eigenvalue weighted by Crippen LogP contribution is 2.22. The maximum absolute atomic E-state index is 15.3. The van der Waals surface area contributed by atoms with Gasteiger partial charge in [-0.1, -0.05) is 127 Å². The minimum Gasteiger partial charge on any atom is -0.391 e. The van der Waals surface area contributed by atoms with E-state index in [1.54, 1.807) is 73.1 Å². The van der Waals surface area contributed by atoms with Crippen LogP contribution in [0, 0.1) is 0 Å². The standard InChI is InChI=1S/C66H81N13O10S2/c1-39(80)57(66(89)77-53(33-42-21-9-4-10-22-42)61(84)72-50(28-30-90)58(69)81)79-60(83)51(27-15-16-29-67)73-63(86)54(34-43-36-70-48-25-13-11-23-45(43)48)76-64(87)55(35-44-37-71-49-26-14-12-24-46(44)49)75-62(85)52(32-41-19-7-3-8-20-41)74-65(88)56(38-91)78-59(82)47(68)31-40-17-5-2-6-18-40/h2-14,17-26,36-37,39,47,50-57,70-71,80,90-91H,15-16,27-35,38,67-68H2,1H3,(H2,69,81)(H,72,84)(H,73,86)(H,74,88)(H,75,85)(H,76,87)(H,77,89)(H,78,82)(H,79,83)/t39-,47-,50+,51+,52+,53+,54-,55+,56+,57+/m1/s1. The van der Waals surface area contributed by atoms with E-state index in [0.717, 1.165) is 27.4 Å². The number of benzene rings is 5. The average Bonchev–Trinajstić information content (AvgIpc) is 2.03. The van der Waals surface area contributed by atoms with E-state index in [0.29, 0.717) is 35.1 Å². The Kier molecular flexibility index (Phi) is 26.6. The molecule has 2 aromatic heterocycles. The summed E-state index contributed by atoms with van der Waals surface area (Å²) < 4.78 is 0. The fourth-order valence-corrected chi connectivity index (χ4v) is 11.0. The second-order valence-electron chi connectivity index (χ2n) is 22.3. The zero-order valence-electron chi connectivity index (χ0n) is 50.4. The summed E-state index contributed by atoms with van der Waals surface area (Å²) in [5, 5.41) is 34.4. The number of carbonyl (C=O) groups excluding carboxylic acids is 9. The molecule has 25 heteroatoms. The van der Waals surface area contributed by atoms with Crippen LogP contribution in [0.1, 0.15) is 60.4 Å². The highest BCUT2D eigenvalue weighted by atomic mass is 32.1. The van der Waals surface area contributed by atoms with Gasteiger partial charge in [0, 0.05) is 65.6 Å². The molecule has 0 unspecified atom stereocenters. The second-order valence-corrected chi connectivity index (χ2v) is 23.2. The fraction of sp³-hybridized carbons (Fsp3) is 0.348. The summed E-state index contributed by atoms with van der Waals surface area (Å²) in [5.41, 5.74) is 22.5. The number of H-pyrrole nitrogens is 2. The number of carbonyl (C=O) groups is 9. The van der Waals surface area contributed by atoms with E-state index in [1.807, 2.05) is 78.9 Å². The van der Waals surface area contributed by atoms with Crippen molar-refractivity contribution in [3.63, 3.8) is 0 Å². The third kappa shape index (κ3) is 20.5. The Labute approximate surface area is 538 Å². The van der Waals surface area contributed by atoms with Crippen molar-refractivity contribution in [2.45, 2.75) is 125 Å². The van der Waals surface area contributed by atoms with Crippen LogP contribution < -0.4 is 59.7 Å². The first kappa shape index (κ1) is 69.5. The lowest BCUT2D eigenvalue weighted by Gasteiger charge is -2.29. The van der Waals surface area contributed by atoms with Gasteiger partial charge < -0.3 is 74.8 Å². The number of amides is 9. The lowest BCUT2D eigenvalue weighted by atomic mass is 10.00. The van der Waals surface area contributed by atoms with Gasteiger partial charge in [-0.2, -0.15) is 25.3 Å². The summed E-state index contributed by atoms with van der Waals surface area (Å²) in [7, 11) is 0. The molecular formula is C66H81N13O10S2. The molecule has 2 heterocycles. The molecule has 482 valence electrons. The van der Waals surface area contributed by atoms with Crippen LogP contribution >= 0.6 is 25.3 Å². The summed E-state index contributed by atoms with van der Waals surface area (Å²) in [6.45, 7) is 1.49. The van der Waals surface area contributed by atoms with E-state index in [-0.39, 0.29) is 63.0 Å². The minimum absolute atomic E-state index is 0.0264. The molecule has 0 saturated carbocycles. The number of hydrogen-bond donors (Lipinski definition) is 16. The quantitative estimate of drug-likeness (QED) is 0.0199. The molecule has 7 aromatic rings. The molecule has 0 aliphatic carbocycles. The molecule has 23 nitrogen and oxygen atoms in total. The maximum Gasteiger partial charge on any atom is 0.245 e. The van der Waals surface area contributed by atoms with Gasteiger partial charge in [-0.05, 0) is 91.3 Å². The second kappa shape index (κ2) is 34.8. The Morgan fingerprint density at radius 3 is 1.24 bits per heavy atom. The van der Waals surface area contributed by atoms with E-state index in [2.05, 4.69) is 77.8 Å². The van der Waals surface area contributed by atoms with Crippen molar-refractivity contribution in [1.82, 2.24) is 52.5 Å². The van der Waals surface area contributed by atoms with Gasteiger partial charge in [-0.3, -0.25) is 43.2 Å². The van der Waals surface area contributed by atoms with Crippen molar-refractivity contribution in [2.24, 2.45) is 17.2 Å². The molecule has 0 fully saturated rings. The van der Waals surface area contributed by atoms with Crippen LogP contribution in [0.3, 0.4) is 0 Å². The zero-order valence-corrected chi connectivity index (χ0v) is 52.2. The Bertz CT molecular complexity index is 3580. The number of rotatable bonds is 35. The number of unbranched alkanes of at least 4 members (excludes halogenated alkanes) is 1. The number of aromatic nitrogens is 2. The first-order valence-electron chi connectivity index (χ1n) is 30.2. The van der Waals surface area contributed by atoms with Gasteiger partial charge in [0.25, 0.3) is 0 Å². The van der Waals surface area contributed by atoms with Crippen LogP contribution in [-0.2, 0) is 75.3 Å². The number of para-hydroxylation sites is 2. The van der Waals surface area contributed by atoms with Crippen molar-refractivity contribution < 1.29 is 48.3 Å². The summed E-state index contributed by atoms with van der Waals surface area (Å²) in [6.07, 6.45) is 2.39. The molecule has 0 spiro atoms. The number of aliphatic hydroxyl groups is 1. The third-order valence-electron chi connectivity index (χ3n) is 15.5. The van der Waals surface area contributed by atoms with Crippen molar-refractivity contribution in [3.05, 3.63) is 180 Å². The molecule has 7 rings (SSSR count). The lowest BCUT2D eigenvalue weighted by molar-refractivity contribution is -0.137. The molecule has 0 aliphatic rings. The lowest BCUT2D eigenvalue weighted by Crippen LogP contribution is -2.62. The molecule has 17 N–H and O–H groups in total. The molecule has 0 saturated heterocycles. The summed E-state index contributed by atoms with van der Waals surface area (Å²) in [4.78, 5) is 134. The number of nitrogens with one attached hydrogen (secondary N) is 10. The van der Waals surface area contributed by atoms with E-state index >= 15 is 9.59 Å². The highest BCUT2D eigenvalue weighted by molar-refractivity contribution is 7.80. The highest BCUT2D eigenvalue weighted by Gasteiger charge is 2.37. The Morgan fingerprint density at radius 1 is 0.440 bits per heavy atom. The molecule has 10 atom stereocenters. The molecule has 9 amide bonds. The molecule has 91 heavy (non-hydrogen) atoms. The molecule has 0 bridgehead atoms. The summed E-state index contributed by atoms with van der Waals surface area (Å²) >= 11 is 8.55. The average molecular weight is 1280 g/mol. The van der Waals surface area contributed by atoms with Crippen molar-refractivity contribution >= 4 is 100 Å². The zero-order chi connectivity index (χ0) is 65.4. The Hall–Kier alpha value is -9.01. The largest absolute Gasteiger partial charge is 0.391 e. The van der Waals surface area contributed by atoms with Gasteiger partial charge in [-0.25, -0.2) is 0 Å². The normalized spacial score (nSPS) is 14.6. The molecular weight excluding hydrogens is 1200 g/mol. The predicted molar refractivity (Wildman–Crippen MR) is 354 cm³/mol. The van der Waals surface area contributed by atoms with E-state index in [9.17, 15) is 38.7 Å². The first-order chi connectivity index (χ1) is 43.8. The number of thiol groups is 2. The Morgan fingerprint density at radius 2 is 0.813 bits per heavy atom. The van der Waals surface area contributed by atoms with Crippen molar-refractivity contribution in [2.75, 3.05) is 18.1 Å². The minimum atomic E-state index is -1.70. The molecule has 5 aromatic carbocycles. The summed E-state index contributed by atoms with van der Waals surface area (Å²) in [6, 6.07) is 29.2. The van der Waals surface area contributed by atoms with E-state index in [4.69, 9.17) is 17.2 Å². The Balaban J connectivity index is 1.17. The van der Waals surface area contributed by atoms with Gasteiger partial charge in [0.05, 0.1) is 12.1 Å². The van der Waals surface area contributed by atoms with Gasteiger partial charge in [-0.15, -0.1) is 0 Å².